The van der Waals surface area contributed by atoms with Crippen molar-refractivity contribution in [2.45, 2.75) is 31.8 Å². The third-order valence-corrected chi connectivity index (χ3v) is 1.61. The second kappa shape index (κ2) is 6.04. The van der Waals surface area contributed by atoms with E-state index in [2.05, 4.69) is 16.3 Å². The van der Waals surface area contributed by atoms with E-state index < -0.39 is 25.1 Å². The van der Waals surface area contributed by atoms with Crippen LogP contribution in [0.1, 0.15) is 13.3 Å². The topological polar surface area (TPSA) is 21.6 Å². The first-order valence-corrected chi connectivity index (χ1v) is 4.54. The number of allylic oxidation sites excluding steroid dienone is 1. The molecule has 0 radical (unpaired) electrons. The van der Waals surface area contributed by atoms with Gasteiger partial charge in [-0.1, -0.05) is 13.5 Å². The minimum Gasteiger partial charge on any atom is -0.312 e. The summed E-state index contributed by atoms with van der Waals surface area (Å²) in [5.41, 5.74) is 0.338. The van der Waals surface area contributed by atoms with Gasteiger partial charge in [0.15, 0.2) is 0 Å². The van der Waals surface area contributed by atoms with Crippen molar-refractivity contribution in [3.8, 4) is 0 Å². The van der Waals surface area contributed by atoms with E-state index in [1.54, 1.807) is 6.92 Å². The molecule has 2 nitrogen and oxygen atoms in total. The normalized spacial score (nSPS) is 15.2. The van der Waals surface area contributed by atoms with Crippen molar-refractivity contribution in [2.75, 3.05) is 6.61 Å². The molecule has 0 aliphatic rings. The van der Waals surface area contributed by atoms with Gasteiger partial charge in [-0.25, -0.2) is 4.39 Å². The molecule has 0 spiro atoms. The second-order valence-electron chi connectivity index (χ2n) is 3.01. The van der Waals surface area contributed by atoms with Crippen LogP contribution in [-0.4, -0.2) is 31.3 Å². The average molecular weight is 263 g/mol. The monoisotopic (exact) mass is 263 g/mol. The number of halogens is 6. The van der Waals surface area contributed by atoms with Crippen LogP contribution in [0.3, 0.4) is 0 Å². The number of ether oxygens (including phenoxy) is 1. The van der Waals surface area contributed by atoms with Crippen LogP contribution in [0.15, 0.2) is 17.3 Å². The lowest BCUT2D eigenvalue weighted by molar-refractivity contribution is -0.330. The van der Waals surface area contributed by atoms with Crippen molar-refractivity contribution in [3.63, 3.8) is 0 Å². The fourth-order valence-corrected chi connectivity index (χ4v) is 0.670. The van der Waals surface area contributed by atoms with Crippen LogP contribution in [0, 0.1) is 0 Å². The largest absolute Gasteiger partial charge is 0.428 e. The molecular weight excluding hydrogens is 252 g/mol. The Labute approximate surface area is 94.0 Å². The van der Waals surface area contributed by atoms with Gasteiger partial charge in [0.1, 0.15) is 0 Å². The smallest absolute Gasteiger partial charge is 0.312 e. The van der Waals surface area contributed by atoms with Crippen LogP contribution >= 0.6 is 0 Å². The summed E-state index contributed by atoms with van der Waals surface area (Å²) in [6, 6.07) is 0. The number of nitrogens with zero attached hydrogens (tertiary/aromatic N) is 1. The highest BCUT2D eigenvalue weighted by atomic mass is 19.4. The van der Waals surface area contributed by atoms with Crippen molar-refractivity contribution in [2.24, 2.45) is 4.99 Å². The average Bonchev–Trinajstić information content (AvgIpc) is 2.21. The predicted octanol–water partition coefficient (Wildman–Crippen LogP) is 3.49. The highest BCUT2D eigenvalue weighted by Gasteiger charge is 2.58. The van der Waals surface area contributed by atoms with Gasteiger partial charge in [-0.05, 0) is 6.42 Å². The summed E-state index contributed by atoms with van der Waals surface area (Å²) in [7, 11) is 0. The van der Waals surface area contributed by atoms with Crippen LogP contribution in [0.4, 0.5) is 26.3 Å². The molecule has 1 unspecified atom stereocenters. The number of rotatable bonds is 6. The molecule has 0 saturated carbocycles. The quantitative estimate of drug-likeness (QED) is 0.531. The third kappa shape index (κ3) is 5.71. The van der Waals surface area contributed by atoms with Gasteiger partial charge in [0.2, 0.25) is 0 Å². The van der Waals surface area contributed by atoms with Gasteiger partial charge < -0.3 is 4.74 Å². The van der Waals surface area contributed by atoms with Crippen molar-refractivity contribution < 1.29 is 31.1 Å². The Morgan fingerprint density at radius 3 is 2.29 bits per heavy atom. The Bertz CT molecular complexity index is 286. The molecule has 8 heteroatoms. The first-order valence-electron chi connectivity index (χ1n) is 4.54. The van der Waals surface area contributed by atoms with Gasteiger partial charge >= 0.3 is 12.3 Å². The molecule has 0 aliphatic carbocycles. The molecule has 0 bridgehead atoms. The maximum atomic E-state index is 12.5. The molecule has 1 atom stereocenters. The summed E-state index contributed by atoms with van der Waals surface area (Å²) >= 11 is 0. The summed E-state index contributed by atoms with van der Waals surface area (Å²) < 4.78 is 75.8. The molecule has 0 aromatic rings. The van der Waals surface area contributed by atoms with E-state index in [-0.39, 0.29) is 0 Å². The van der Waals surface area contributed by atoms with Gasteiger partial charge in [0.05, 0.1) is 6.61 Å². The zero-order valence-corrected chi connectivity index (χ0v) is 8.90. The van der Waals surface area contributed by atoms with Gasteiger partial charge in [-0.2, -0.15) is 22.0 Å². The van der Waals surface area contributed by atoms with E-state index in [1.165, 1.54) is 0 Å². The lowest BCUT2D eigenvalue weighted by atomic mass is 10.3. The van der Waals surface area contributed by atoms with Crippen LogP contribution in [-0.2, 0) is 4.74 Å². The summed E-state index contributed by atoms with van der Waals surface area (Å²) in [4.78, 5) is 3.49. The van der Waals surface area contributed by atoms with E-state index in [0.29, 0.717) is 12.1 Å². The standard InChI is InChI=1S/C9H11F6NO/c1-3-6(2)16-4-5-17-9(14,15)7(10)8(11,12)13/h4,7H,2-3,5H2,1H3/b16-4-. The molecular formula is C9H11F6NO. The van der Waals surface area contributed by atoms with Gasteiger partial charge in [0, 0.05) is 11.9 Å². The Hall–Kier alpha value is -1.05. The highest BCUT2D eigenvalue weighted by Crippen LogP contribution is 2.35. The van der Waals surface area contributed by atoms with Crippen LogP contribution < -0.4 is 0 Å². The molecule has 0 aromatic heterocycles. The molecule has 17 heavy (non-hydrogen) atoms. The van der Waals surface area contributed by atoms with Crippen molar-refractivity contribution in [3.05, 3.63) is 12.3 Å². The van der Waals surface area contributed by atoms with Gasteiger partial charge in [-0.15, -0.1) is 0 Å². The van der Waals surface area contributed by atoms with E-state index in [1.807, 2.05) is 0 Å². The van der Waals surface area contributed by atoms with E-state index in [0.717, 1.165) is 6.21 Å². The fraction of sp³-hybridized carbons (Fsp3) is 0.667. The molecule has 0 rings (SSSR count). The van der Waals surface area contributed by atoms with Crippen molar-refractivity contribution >= 4 is 6.21 Å². The van der Waals surface area contributed by atoms with E-state index in [9.17, 15) is 26.3 Å². The van der Waals surface area contributed by atoms with E-state index in [4.69, 9.17) is 0 Å². The summed E-state index contributed by atoms with van der Waals surface area (Å²) in [6.45, 7) is 4.14. The zero-order valence-electron chi connectivity index (χ0n) is 8.90. The maximum absolute atomic E-state index is 12.5. The molecule has 0 heterocycles. The second-order valence-corrected chi connectivity index (χ2v) is 3.01. The predicted molar refractivity (Wildman–Crippen MR) is 49.8 cm³/mol. The Kier molecular flexibility index (Phi) is 5.67. The van der Waals surface area contributed by atoms with Crippen LogP contribution in [0.25, 0.3) is 0 Å². The summed E-state index contributed by atoms with van der Waals surface area (Å²) in [5.74, 6) is 0. The Balaban J connectivity index is 4.28. The van der Waals surface area contributed by atoms with E-state index >= 15 is 0 Å². The highest BCUT2D eigenvalue weighted by molar-refractivity contribution is 5.60. The molecule has 100 valence electrons. The van der Waals surface area contributed by atoms with Crippen molar-refractivity contribution in [1.82, 2.24) is 0 Å². The van der Waals surface area contributed by atoms with Crippen LogP contribution in [0.2, 0.25) is 0 Å². The number of hydrogen-bond acceptors (Lipinski definition) is 2. The molecule has 0 N–H and O–H groups in total. The summed E-state index contributed by atoms with van der Waals surface area (Å²) in [5, 5.41) is 0. The van der Waals surface area contributed by atoms with Crippen LogP contribution in [0.5, 0.6) is 0 Å². The van der Waals surface area contributed by atoms with Crippen molar-refractivity contribution in [1.29, 1.82) is 0 Å². The zero-order chi connectivity index (χ0) is 13.7. The third-order valence-electron chi connectivity index (χ3n) is 1.61. The first kappa shape index (κ1) is 16.0. The van der Waals surface area contributed by atoms with Gasteiger partial charge in [-0.3, -0.25) is 4.99 Å². The molecule has 0 amide bonds. The lowest BCUT2D eigenvalue weighted by Crippen LogP contribution is -2.43. The number of aliphatic imine (C=N–C) groups is 1. The molecule has 0 aromatic carbocycles. The lowest BCUT2D eigenvalue weighted by Gasteiger charge is -2.21. The maximum Gasteiger partial charge on any atom is 0.428 e. The Morgan fingerprint density at radius 2 is 1.88 bits per heavy atom. The summed E-state index contributed by atoms with van der Waals surface area (Å²) in [6.07, 6.45) is -13.7. The molecule has 0 fully saturated rings. The SMILES string of the molecule is C=C(CC)/N=C\COC(F)(F)C(F)C(F)(F)F. The molecule has 0 aliphatic heterocycles. The number of hydrogen-bond donors (Lipinski definition) is 0. The first-order chi connectivity index (χ1) is 7.61. The number of alkyl halides is 6. The Morgan fingerprint density at radius 1 is 1.35 bits per heavy atom. The van der Waals surface area contributed by atoms with Gasteiger partial charge in [0.25, 0.3) is 6.17 Å². The molecule has 0 saturated heterocycles. The minimum atomic E-state index is -5.67. The fourth-order valence-electron chi connectivity index (χ4n) is 0.670. The minimum absolute atomic E-state index is 0.338.